The van der Waals surface area contributed by atoms with Gasteiger partial charge in [0.1, 0.15) is 0 Å². The van der Waals surface area contributed by atoms with E-state index in [0.717, 1.165) is 23.1 Å². The number of hydrogen-bond donors (Lipinski definition) is 1. The smallest absolute Gasteiger partial charge is 0.0990 e. The molecule has 88 valence electrons. The van der Waals surface area contributed by atoms with Crippen LogP contribution >= 0.6 is 11.3 Å². The third-order valence-electron chi connectivity index (χ3n) is 3.22. The summed E-state index contributed by atoms with van der Waals surface area (Å²) in [5.74, 6) is 1.29. The highest BCUT2D eigenvalue weighted by atomic mass is 32.1. The lowest BCUT2D eigenvalue weighted by Crippen LogP contribution is -2.30. The number of nitrogens with one attached hydrogen (secondary N) is 1. The van der Waals surface area contributed by atoms with Gasteiger partial charge in [0, 0.05) is 18.3 Å². The summed E-state index contributed by atoms with van der Waals surface area (Å²) in [4.78, 5) is 6.49. The van der Waals surface area contributed by atoms with Gasteiger partial charge in [-0.3, -0.25) is 5.41 Å². The van der Waals surface area contributed by atoms with E-state index in [0.29, 0.717) is 5.92 Å². The van der Waals surface area contributed by atoms with Crippen molar-refractivity contribution in [3.8, 4) is 0 Å². The van der Waals surface area contributed by atoms with E-state index in [1.165, 1.54) is 25.7 Å². The first kappa shape index (κ1) is 11.6. The van der Waals surface area contributed by atoms with E-state index in [2.05, 4.69) is 10.4 Å². The summed E-state index contributed by atoms with van der Waals surface area (Å²) < 4.78 is 0. The largest absolute Gasteiger partial charge is 0.357 e. The first-order valence-corrected chi connectivity index (χ1v) is 6.75. The van der Waals surface area contributed by atoms with E-state index in [1.54, 1.807) is 11.3 Å². The minimum absolute atomic E-state index is 0.490. The highest BCUT2D eigenvalue weighted by Crippen LogP contribution is 2.26. The third-order valence-corrected chi connectivity index (χ3v) is 4.04. The summed E-state index contributed by atoms with van der Waals surface area (Å²) in [6, 6.07) is 0. The first-order chi connectivity index (χ1) is 7.66. The quantitative estimate of drug-likeness (QED) is 0.648. The average molecular weight is 237 g/mol. The van der Waals surface area contributed by atoms with Gasteiger partial charge in [-0.05, 0) is 19.8 Å². The van der Waals surface area contributed by atoms with E-state index in [-0.39, 0.29) is 0 Å². The standard InChI is InChI=1S/C12H19N3S/c1-9-14-11(8-16-9)7-15(2)12(13)10-5-3-4-6-10/h8,10,13H,3-7H2,1-2H3. The second-order valence-electron chi connectivity index (χ2n) is 4.58. The molecule has 4 heteroatoms. The van der Waals surface area contributed by atoms with Crippen molar-refractivity contribution in [1.82, 2.24) is 9.88 Å². The van der Waals surface area contributed by atoms with Gasteiger partial charge in [0.25, 0.3) is 0 Å². The van der Waals surface area contributed by atoms with Crippen molar-refractivity contribution in [3.63, 3.8) is 0 Å². The van der Waals surface area contributed by atoms with Crippen molar-refractivity contribution in [1.29, 1.82) is 5.41 Å². The van der Waals surface area contributed by atoms with Crippen LogP contribution in [0, 0.1) is 18.3 Å². The Morgan fingerprint density at radius 2 is 2.25 bits per heavy atom. The molecule has 0 bridgehead atoms. The fraction of sp³-hybridized carbons (Fsp3) is 0.667. The van der Waals surface area contributed by atoms with Crippen LogP contribution in [-0.4, -0.2) is 22.8 Å². The van der Waals surface area contributed by atoms with Crippen LogP contribution in [0.4, 0.5) is 0 Å². The summed E-state index contributed by atoms with van der Waals surface area (Å²) in [6.45, 7) is 2.80. The molecule has 0 aliphatic heterocycles. The molecule has 0 aromatic carbocycles. The maximum atomic E-state index is 8.15. The Balaban J connectivity index is 1.91. The van der Waals surface area contributed by atoms with Gasteiger partial charge in [-0.2, -0.15) is 0 Å². The molecule has 1 N–H and O–H groups in total. The molecule has 1 fully saturated rings. The molecule has 2 rings (SSSR count). The van der Waals surface area contributed by atoms with Gasteiger partial charge in [0.15, 0.2) is 0 Å². The summed E-state index contributed by atoms with van der Waals surface area (Å²) in [7, 11) is 2.01. The van der Waals surface area contributed by atoms with Gasteiger partial charge in [-0.1, -0.05) is 12.8 Å². The molecule has 1 aromatic heterocycles. The van der Waals surface area contributed by atoms with Crippen LogP contribution in [0.25, 0.3) is 0 Å². The molecular weight excluding hydrogens is 218 g/mol. The zero-order valence-electron chi connectivity index (χ0n) is 9.99. The Morgan fingerprint density at radius 1 is 1.56 bits per heavy atom. The Hall–Kier alpha value is -0.900. The summed E-state index contributed by atoms with van der Waals surface area (Å²) in [5.41, 5.74) is 1.09. The summed E-state index contributed by atoms with van der Waals surface area (Å²) >= 11 is 1.68. The molecule has 0 unspecified atom stereocenters. The van der Waals surface area contributed by atoms with Crippen molar-refractivity contribution in [2.45, 2.75) is 39.2 Å². The van der Waals surface area contributed by atoms with Gasteiger partial charge in [-0.25, -0.2) is 4.98 Å². The zero-order chi connectivity index (χ0) is 11.5. The van der Waals surface area contributed by atoms with Crippen molar-refractivity contribution < 1.29 is 0 Å². The highest BCUT2D eigenvalue weighted by Gasteiger charge is 2.22. The topological polar surface area (TPSA) is 40.0 Å². The lowest BCUT2D eigenvalue weighted by molar-refractivity contribution is 0.450. The monoisotopic (exact) mass is 237 g/mol. The number of thiazole rings is 1. The molecule has 0 atom stereocenters. The van der Waals surface area contributed by atoms with Crippen LogP contribution < -0.4 is 0 Å². The van der Waals surface area contributed by atoms with Crippen LogP contribution in [0.2, 0.25) is 0 Å². The third kappa shape index (κ3) is 2.61. The SMILES string of the molecule is Cc1nc(CN(C)C(=N)C2CCCC2)cs1. The molecule has 3 nitrogen and oxygen atoms in total. The van der Waals surface area contributed by atoms with E-state index in [9.17, 15) is 0 Å². The van der Waals surface area contributed by atoms with Gasteiger partial charge >= 0.3 is 0 Å². The van der Waals surface area contributed by atoms with Crippen LogP contribution in [0.3, 0.4) is 0 Å². The van der Waals surface area contributed by atoms with Crippen LogP contribution in [-0.2, 0) is 6.54 Å². The Bertz CT molecular complexity index is 366. The lowest BCUT2D eigenvalue weighted by Gasteiger charge is -2.23. The van der Waals surface area contributed by atoms with E-state index in [4.69, 9.17) is 5.41 Å². The van der Waals surface area contributed by atoms with E-state index in [1.807, 2.05) is 18.9 Å². The molecule has 1 aliphatic rings. The number of nitrogens with zero attached hydrogens (tertiary/aromatic N) is 2. The van der Waals surface area contributed by atoms with Crippen molar-refractivity contribution in [2.75, 3.05) is 7.05 Å². The van der Waals surface area contributed by atoms with Crippen molar-refractivity contribution >= 4 is 17.2 Å². The highest BCUT2D eigenvalue weighted by molar-refractivity contribution is 7.09. The molecule has 0 saturated heterocycles. The maximum Gasteiger partial charge on any atom is 0.0990 e. The number of aryl methyl sites for hydroxylation is 1. The normalized spacial score (nSPS) is 16.6. The predicted octanol–water partition coefficient (Wildman–Crippen LogP) is 3.05. The number of hydrogen-bond acceptors (Lipinski definition) is 3. The minimum atomic E-state index is 0.490. The van der Waals surface area contributed by atoms with Crippen molar-refractivity contribution in [2.24, 2.45) is 5.92 Å². The second-order valence-corrected chi connectivity index (χ2v) is 5.64. The summed E-state index contributed by atoms with van der Waals surface area (Å²) in [5, 5.41) is 11.3. The maximum absolute atomic E-state index is 8.15. The summed E-state index contributed by atoms with van der Waals surface area (Å²) in [6.07, 6.45) is 4.96. The molecular formula is C12H19N3S. The lowest BCUT2D eigenvalue weighted by atomic mass is 10.1. The predicted molar refractivity (Wildman–Crippen MR) is 68.0 cm³/mol. The first-order valence-electron chi connectivity index (χ1n) is 5.87. The van der Waals surface area contributed by atoms with Gasteiger partial charge in [0.05, 0.1) is 23.1 Å². The second kappa shape index (κ2) is 4.95. The number of aromatic nitrogens is 1. The average Bonchev–Trinajstić information content (AvgIpc) is 2.88. The molecule has 1 heterocycles. The molecule has 0 radical (unpaired) electrons. The van der Waals surface area contributed by atoms with Crippen molar-refractivity contribution in [3.05, 3.63) is 16.1 Å². The molecule has 1 aromatic rings. The molecule has 1 aliphatic carbocycles. The number of amidine groups is 1. The Morgan fingerprint density at radius 3 is 2.81 bits per heavy atom. The van der Waals surface area contributed by atoms with Gasteiger partial charge in [-0.15, -0.1) is 11.3 Å². The van der Waals surface area contributed by atoms with Crippen LogP contribution in [0.15, 0.2) is 5.38 Å². The molecule has 0 amide bonds. The van der Waals surface area contributed by atoms with E-state index < -0.39 is 0 Å². The molecule has 0 spiro atoms. The minimum Gasteiger partial charge on any atom is -0.357 e. The Kier molecular flexibility index (Phi) is 3.59. The van der Waals surface area contributed by atoms with Gasteiger partial charge in [0.2, 0.25) is 0 Å². The fourth-order valence-electron chi connectivity index (χ4n) is 2.32. The fourth-order valence-corrected chi connectivity index (χ4v) is 2.92. The van der Waals surface area contributed by atoms with E-state index >= 15 is 0 Å². The van der Waals surface area contributed by atoms with Gasteiger partial charge < -0.3 is 4.90 Å². The number of rotatable bonds is 3. The molecule has 16 heavy (non-hydrogen) atoms. The molecule has 1 saturated carbocycles. The Labute approximate surface area is 101 Å². The zero-order valence-corrected chi connectivity index (χ0v) is 10.8. The van der Waals surface area contributed by atoms with Crippen LogP contribution in [0.1, 0.15) is 36.4 Å². The van der Waals surface area contributed by atoms with Crippen LogP contribution in [0.5, 0.6) is 0 Å².